The van der Waals surface area contributed by atoms with E-state index in [1.54, 1.807) is 0 Å². The first-order valence-electron chi connectivity index (χ1n) is 5.22. The molecule has 0 aliphatic rings. The predicted octanol–water partition coefficient (Wildman–Crippen LogP) is -0.768. The molecule has 0 aromatic heterocycles. The number of nitrogens with two attached hydrogens (primary N) is 2. The highest BCUT2D eigenvalue weighted by atomic mass is 16.6. The highest BCUT2D eigenvalue weighted by Crippen LogP contribution is 2.05. The minimum Gasteiger partial charge on any atom is -0.480 e. The number of aliphatic carboxylic acids is 1. The Labute approximate surface area is 99.1 Å². The van der Waals surface area contributed by atoms with E-state index in [9.17, 15) is 14.4 Å². The number of carboxylic acids is 1. The maximum Gasteiger partial charge on any atom is 0.330 e. The summed E-state index contributed by atoms with van der Waals surface area (Å²) < 4.78 is 4.39. The third-order valence-corrected chi connectivity index (χ3v) is 1.95. The van der Waals surface area contributed by atoms with Crippen LogP contribution in [0, 0.1) is 5.92 Å². The molecule has 0 aromatic rings. The van der Waals surface area contributed by atoms with Gasteiger partial charge in [-0.3, -0.25) is 9.59 Å². The summed E-state index contributed by atoms with van der Waals surface area (Å²) >= 11 is 0. The lowest BCUT2D eigenvalue weighted by Gasteiger charge is -2.12. The van der Waals surface area contributed by atoms with Crippen molar-refractivity contribution in [1.29, 1.82) is 0 Å². The standard InChI is InChI=1S/C10H18N2O5/c1-5(2)3-7(12)10(16)17-8(13)4-6(11)9(14)15/h5-7H,3-4,11-12H2,1-2H3,(H,14,15)/t6-,7-/m0/s1. The summed E-state index contributed by atoms with van der Waals surface area (Å²) in [6.07, 6.45) is -0.174. The second-order valence-electron chi connectivity index (χ2n) is 4.18. The largest absolute Gasteiger partial charge is 0.480 e. The van der Waals surface area contributed by atoms with E-state index in [1.165, 1.54) is 0 Å². The van der Waals surface area contributed by atoms with Crippen LogP contribution in [0.15, 0.2) is 0 Å². The average molecular weight is 246 g/mol. The van der Waals surface area contributed by atoms with Crippen LogP contribution in [0.1, 0.15) is 26.7 Å². The van der Waals surface area contributed by atoms with E-state index in [1.807, 2.05) is 13.8 Å². The van der Waals surface area contributed by atoms with Crippen molar-refractivity contribution in [3.05, 3.63) is 0 Å². The van der Waals surface area contributed by atoms with Crippen LogP contribution in [0.5, 0.6) is 0 Å². The van der Waals surface area contributed by atoms with Gasteiger partial charge in [0.05, 0.1) is 6.42 Å². The van der Waals surface area contributed by atoms with E-state index in [0.29, 0.717) is 6.42 Å². The Balaban J connectivity index is 4.12. The van der Waals surface area contributed by atoms with Crippen molar-refractivity contribution < 1.29 is 24.2 Å². The second-order valence-corrected chi connectivity index (χ2v) is 4.18. The molecular formula is C10H18N2O5. The van der Waals surface area contributed by atoms with Crippen molar-refractivity contribution in [1.82, 2.24) is 0 Å². The Morgan fingerprint density at radius 1 is 1.18 bits per heavy atom. The van der Waals surface area contributed by atoms with Gasteiger partial charge in [-0.25, -0.2) is 4.79 Å². The highest BCUT2D eigenvalue weighted by molar-refractivity contribution is 5.90. The summed E-state index contributed by atoms with van der Waals surface area (Å²) in [7, 11) is 0. The number of ether oxygens (including phenoxy) is 1. The molecule has 98 valence electrons. The number of esters is 2. The maximum absolute atomic E-state index is 11.3. The van der Waals surface area contributed by atoms with Crippen LogP contribution in [0.3, 0.4) is 0 Å². The first kappa shape index (κ1) is 15.5. The molecule has 0 fully saturated rings. The zero-order valence-corrected chi connectivity index (χ0v) is 9.88. The Morgan fingerprint density at radius 2 is 1.71 bits per heavy atom. The summed E-state index contributed by atoms with van der Waals surface area (Å²) in [5.41, 5.74) is 10.6. The van der Waals surface area contributed by atoms with E-state index in [2.05, 4.69) is 4.74 Å². The molecule has 0 radical (unpaired) electrons. The maximum atomic E-state index is 11.3. The molecule has 0 rings (SSSR count). The minimum absolute atomic E-state index is 0.189. The van der Waals surface area contributed by atoms with Crippen molar-refractivity contribution in [3.63, 3.8) is 0 Å². The Hall–Kier alpha value is -1.47. The summed E-state index contributed by atoms with van der Waals surface area (Å²) in [4.78, 5) is 32.8. The molecule has 7 heteroatoms. The molecule has 0 aliphatic carbocycles. The van der Waals surface area contributed by atoms with E-state index in [0.717, 1.165) is 0 Å². The minimum atomic E-state index is -1.38. The fourth-order valence-electron chi connectivity index (χ4n) is 1.10. The van der Waals surface area contributed by atoms with Crippen LogP contribution in [-0.2, 0) is 19.1 Å². The van der Waals surface area contributed by atoms with Gasteiger partial charge in [-0.1, -0.05) is 13.8 Å². The predicted molar refractivity (Wildman–Crippen MR) is 58.8 cm³/mol. The topological polar surface area (TPSA) is 133 Å². The van der Waals surface area contributed by atoms with Crippen LogP contribution in [-0.4, -0.2) is 35.1 Å². The molecule has 0 aromatic carbocycles. The Kier molecular flexibility index (Phi) is 6.37. The summed E-state index contributed by atoms with van der Waals surface area (Å²) in [6.45, 7) is 3.74. The SMILES string of the molecule is CC(C)C[C@H](N)C(=O)OC(=O)C[C@H](N)C(=O)O. The first-order chi connectivity index (χ1) is 7.73. The number of rotatable bonds is 6. The molecule has 0 bridgehead atoms. The molecule has 7 nitrogen and oxygen atoms in total. The molecule has 2 atom stereocenters. The van der Waals surface area contributed by atoms with E-state index in [4.69, 9.17) is 16.6 Å². The van der Waals surface area contributed by atoms with Crippen molar-refractivity contribution in [3.8, 4) is 0 Å². The number of carboxylic acid groups (broad SMARTS) is 1. The number of hydrogen-bond acceptors (Lipinski definition) is 6. The fraction of sp³-hybridized carbons (Fsp3) is 0.700. The number of hydrogen-bond donors (Lipinski definition) is 3. The van der Waals surface area contributed by atoms with Gasteiger partial charge in [0.25, 0.3) is 0 Å². The highest BCUT2D eigenvalue weighted by Gasteiger charge is 2.23. The van der Waals surface area contributed by atoms with E-state index < -0.39 is 36.4 Å². The van der Waals surface area contributed by atoms with Crippen molar-refractivity contribution in [2.24, 2.45) is 17.4 Å². The lowest BCUT2D eigenvalue weighted by Crippen LogP contribution is -2.38. The van der Waals surface area contributed by atoms with Crippen molar-refractivity contribution in [2.75, 3.05) is 0 Å². The lowest BCUT2D eigenvalue weighted by molar-refractivity contribution is -0.162. The van der Waals surface area contributed by atoms with Gasteiger partial charge >= 0.3 is 17.9 Å². The van der Waals surface area contributed by atoms with Gasteiger partial charge < -0.3 is 21.3 Å². The van der Waals surface area contributed by atoms with Crippen LogP contribution in [0.2, 0.25) is 0 Å². The lowest BCUT2D eigenvalue weighted by atomic mass is 10.1. The van der Waals surface area contributed by atoms with E-state index >= 15 is 0 Å². The van der Waals surface area contributed by atoms with Crippen LogP contribution in [0.4, 0.5) is 0 Å². The van der Waals surface area contributed by atoms with Gasteiger partial charge in [-0.15, -0.1) is 0 Å². The normalized spacial score (nSPS) is 14.2. The molecule has 0 aliphatic heterocycles. The van der Waals surface area contributed by atoms with Crippen molar-refractivity contribution >= 4 is 17.9 Å². The fourth-order valence-corrected chi connectivity index (χ4v) is 1.10. The number of carbonyl (C=O) groups is 3. The molecule has 0 saturated heterocycles. The molecular weight excluding hydrogens is 228 g/mol. The second kappa shape index (κ2) is 6.97. The smallest absolute Gasteiger partial charge is 0.330 e. The zero-order chi connectivity index (χ0) is 13.6. The molecule has 0 heterocycles. The summed E-state index contributed by atoms with van der Waals surface area (Å²) in [6, 6.07) is -2.27. The zero-order valence-electron chi connectivity index (χ0n) is 9.88. The molecule has 0 saturated carbocycles. The average Bonchev–Trinajstić information content (AvgIpc) is 2.15. The first-order valence-corrected chi connectivity index (χ1v) is 5.22. The molecule has 0 spiro atoms. The monoisotopic (exact) mass is 246 g/mol. The molecule has 0 unspecified atom stereocenters. The molecule has 17 heavy (non-hydrogen) atoms. The Morgan fingerprint density at radius 3 is 2.12 bits per heavy atom. The summed E-state index contributed by atoms with van der Waals surface area (Å²) in [5, 5.41) is 8.45. The molecule has 0 amide bonds. The quantitative estimate of drug-likeness (QED) is 0.414. The van der Waals surface area contributed by atoms with E-state index in [-0.39, 0.29) is 5.92 Å². The third-order valence-electron chi connectivity index (χ3n) is 1.95. The number of carbonyl (C=O) groups excluding carboxylic acids is 2. The molecule has 5 N–H and O–H groups in total. The van der Waals surface area contributed by atoms with Gasteiger partial charge in [0, 0.05) is 0 Å². The van der Waals surface area contributed by atoms with Crippen LogP contribution < -0.4 is 11.5 Å². The van der Waals surface area contributed by atoms with Gasteiger partial charge in [0.1, 0.15) is 12.1 Å². The van der Waals surface area contributed by atoms with Crippen LogP contribution >= 0.6 is 0 Å². The van der Waals surface area contributed by atoms with Crippen LogP contribution in [0.25, 0.3) is 0 Å². The summed E-state index contributed by atoms with van der Waals surface area (Å²) in [5.74, 6) is -2.99. The van der Waals surface area contributed by atoms with Gasteiger partial charge in [0.2, 0.25) is 0 Å². The van der Waals surface area contributed by atoms with Crippen molar-refractivity contribution in [2.45, 2.75) is 38.8 Å². The van der Waals surface area contributed by atoms with Gasteiger partial charge in [0.15, 0.2) is 0 Å². The van der Waals surface area contributed by atoms with Gasteiger partial charge in [-0.05, 0) is 12.3 Å². The Bertz CT molecular complexity index is 303. The third kappa shape index (κ3) is 6.64. The van der Waals surface area contributed by atoms with Gasteiger partial charge in [-0.2, -0.15) is 0 Å².